The van der Waals surface area contributed by atoms with Crippen LogP contribution in [0.5, 0.6) is 0 Å². The largest absolute Gasteiger partial charge is 0.422 e. The third-order valence-corrected chi connectivity index (χ3v) is 3.18. The number of aromatic nitrogens is 1. The van der Waals surface area contributed by atoms with Crippen LogP contribution >= 0.6 is 23.2 Å². The number of nitrogens with zero attached hydrogens (tertiary/aromatic N) is 2. The van der Waals surface area contributed by atoms with Crippen molar-refractivity contribution in [3.63, 3.8) is 0 Å². The number of hydrogen-bond acceptors (Lipinski definition) is 4. The summed E-state index contributed by atoms with van der Waals surface area (Å²) < 4.78 is 5.47. The number of para-hydroxylation sites is 2. The molecule has 3 aromatic rings. The summed E-state index contributed by atoms with van der Waals surface area (Å²) in [5.41, 5.74) is 4.95. The molecule has 4 nitrogen and oxygen atoms in total. The molecule has 0 saturated carbocycles. The third-order valence-electron chi connectivity index (χ3n) is 2.62. The van der Waals surface area contributed by atoms with Gasteiger partial charge < -0.3 is 4.42 Å². The molecule has 1 N–H and O–H groups in total. The van der Waals surface area contributed by atoms with Gasteiger partial charge in [0.15, 0.2) is 5.58 Å². The smallest absolute Gasteiger partial charge is 0.316 e. The maximum Gasteiger partial charge on any atom is 0.316 e. The highest BCUT2D eigenvalue weighted by molar-refractivity contribution is 6.36. The topological polar surface area (TPSA) is 50.4 Å². The van der Waals surface area contributed by atoms with E-state index in [9.17, 15) is 0 Å². The Morgan fingerprint density at radius 1 is 1.15 bits per heavy atom. The summed E-state index contributed by atoms with van der Waals surface area (Å²) in [6.45, 7) is 0. The second-order valence-electron chi connectivity index (χ2n) is 4.02. The molecular formula is C14H9Cl2N3O. The predicted molar refractivity (Wildman–Crippen MR) is 81.7 cm³/mol. The molecule has 2 aromatic carbocycles. The molecule has 20 heavy (non-hydrogen) atoms. The van der Waals surface area contributed by atoms with Crippen molar-refractivity contribution in [2.75, 3.05) is 5.43 Å². The van der Waals surface area contributed by atoms with Crippen LogP contribution in [0.2, 0.25) is 10.0 Å². The number of rotatable bonds is 3. The van der Waals surface area contributed by atoms with Crippen LogP contribution in [-0.2, 0) is 0 Å². The van der Waals surface area contributed by atoms with E-state index in [1.165, 1.54) is 0 Å². The highest BCUT2D eigenvalue weighted by Crippen LogP contribution is 2.20. The average Bonchev–Trinajstić information content (AvgIpc) is 2.84. The van der Waals surface area contributed by atoms with Crippen molar-refractivity contribution < 1.29 is 4.42 Å². The van der Waals surface area contributed by atoms with Crippen molar-refractivity contribution in [3.8, 4) is 0 Å². The van der Waals surface area contributed by atoms with E-state index in [2.05, 4.69) is 15.5 Å². The van der Waals surface area contributed by atoms with Crippen molar-refractivity contribution in [2.45, 2.75) is 0 Å². The molecular weight excluding hydrogens is 297 g/mol. The van der Waals surface area contributed by atoms with Crippen molar-refractivity contribution in [3.05, 3.63) is 58.1 Å². The quantitative estimate of drug-likeness (QED) is 0.569. The Kier molecular flexibility index (Phi) is 3.58. The number of hydrazone groups is 1. The fraction of sp³-hybridized carbons (Fsp3) is 0. The number of halogens is 2. The lowest BCUT2D eigenvalue weighted by molar-refractivity contribution is 0.617. The maximum absolute atomic E-state index is 6.03. The summed E-state index contributed by atoms with van der Waals surface area (Å²) >= 11 is 11.9. The number of anilines is 1. The molecule has 0 amide bonds. The van der Waals surface area contributed by atoms with E-state index < -0.39 is 0 Å². The number of benzene rings is 2. The lowest BCUT2D eigenvalue weighted by Crippen LogP contribution is -1.91. The van der Waals surface area contributed by atoms with E-state index in [1.807, 2.05) is 24.3 Å². The van der Waals surface area contributed by atoms with E-state index in [1.54, 1.807) is 24.4 Å². The standard InChI is InChI=1S/C14H9Cl2N3O/c15-10-6-5-9(11(16)7-10)8-17-19-14-18-12-3-1-2-4-13(12)20-14/h1-8H,(H,18,19)/b17-8-. The van der Waals surface area contributed by atoms with Crippen LogP contribution in [0.4, 0.5) is 6.01 Å². The van der Waals surface area contributed by atoms with Gasteiger partial charge in [-0.25, -0.2) is 5.43 Å². The van der Waals surface area contributed by atoms with Gasteiger partial charge >= 0.3 is 6.01 Å². The number of nitrogens with one attached hydrogen (secondary N) is 1. The fourth-order valence-electron chi connectivity index (χ4n) is 1.68. The third kappa shape index (κ3) is 2.76. The van der Waals surface area contributed by atoms with Gasteiger partial charge in [-0.2, -0.15) is 10.1 Å². The van der Waals surface area contributed by atoms with Crippen LogP contribution in [0.15, 0.2) is 52.0 Å². The Labute approximate surface area is 125 Å². The molecule has 100 valence electrons. The van der Waals surface area contributed by atoms with E-state index in [0.717, 1.165) is 11.1 Å². The van der Waals surface area contributed by atoms with E-state index in [0.29, 0.717) is 21.6 Å². The summed E-state index contributed by atoms with van der Waals surface area (Å²) in [5, 5.41) is 5.15. The molecule has 1 heterocycles. The first-order chi connectivity index (χ1) is 9.72. The van der Waals surface area contributed by atoms with Crippen molar-refractivity contribution in [2.24, 2.45) is 5.10 Å². The Balaban J connectivity index is 1.76. The highest BCUT2D eigenvalue weighted by atomic mass is 35.5. The minimum absolute atomic E-state index is 0.326. The van der Waals surface area contributed by atoms with Gasteiger partial charge in [0.25, 0.3) is 0 Å². The molecule has 0 atom stereocenters. The summed E-state index contributed by atoms with van der Waals surface area (Å²) in [6, 6.07) is 13.0. The van der Waals surface area contributed by atoms with Gasteiger partial charge in [-0.15, -0.1) is 0 Å². The molecule has 1 aromatic heterocycles. The van der Waals surface area contributed by atoms with Gasteiger partial charge in [0, 0.05) is 10.6 Å². The Morgan fingerprint density at radius 3 is 2.80 bits per heavy atom. The van der Waals surface area contributed by atoms with Crippen LogP contribution < -0.4 is 5.43 Å². The number of fused-ring (bicyclic) bond motifs is 1. The lowest BCUT2D eigenvalue weighted by atomic mass is 10.2. The van der Waals surface area contributed by atoms with Crippen LogP contribution in [0, 0.1) is 0 Å². The molecule has 0 radical (unpaired) electrons. The second-order valence-corrected chi connectivity index (χ2v) is 4.87. The van der Waals surface area contributed by atoms with E-state index in [4.69, 9.17) is 27.6 Å². The lowest BCUT2D eigenvalue weighted by Gasteiger charge is -1.98. The van der Waals surface area contributed by atoms with Gasteiger partial charge in [-0.3, -0.25) is 0 Å². The zero-order chi connectivity index (χ0) is 13.9. The monoisotopic (exact) mass is 305 g/mol. The molecule has 6 heteroatoms. The molecule has 0 aliphatic heterocycles. The first-order valence-electron chi connectivity index (χ1n) is 5.82. The van der Waals surface area contributed by atoms with Gasteiger partial charge in [0.1, 0.15) is 5.52 Å². The van der Waals surface area contributed by atoms with Crippen LogP contribution in [-0.4, -0.2) is 11.2 Å². The molecule has 3 rings (SSSR count). The molecule has 0 fully saturated rings. The molecule has 0 aliphatic carbocycles. The zero-order valence-electron chi connectivity index (χ0n) is 10.2. The van der Waals surface area contributed by atoms with Gasteiger partial charge in [0.2, 0.25) is 0 Å². The number of oxazole rings is 1. The van der Waals surface area contributed by atoms with Gasteiger partial charge in [-0.05, 0) is 24.3 Å². The second kappa shape index (κ2) is 5.53. The minimum atomic E-state index is 0.326. The van der Waals surface area contributed by atoms with Crippen molar-refractivity contribution >= 4 is 46.5 Å². The normalized spacial score (nSPS) is 11.3. The summed E-state index contributed by atoms with van der Waals surface area (Å²) in [7, 11) is 0. The Bertz CT molecular complexity index is 750. The summed E-state index contributed by atoms with van der Waals surface area (Å²) in [6.07, 6.45) is 1.58. The molecule has 0 bridgehead atoms. The van der Waals surface area contributed by atoms with E-state index in [-0.39, 0.29) is 0 Å². The highest BCUT2D eigenvalue weighted by Gasteiger charge is 2.03. The van der Waals surface area contributed by atoms with Crippen LogP contribution in [0.1, 0.15) is 5.56 Å². The Hall–Kier alpha value is -2.04. The van der Waals surface area contributed by atoms with Gasteiger partial charge in [0.05, 0.1) is 11.2 Å². The SMILES string of the molecule is Clc1ccc(/C=N\Nc2nc3ccccc3o2)c(Cl)c1. The van der Waals surface area contributed by atoms with Crippen LogP contribution in [0.25, 0.3) is 11.1 Å². The van der Waals surface area contributed by atoms with Crippen molar-refractivity contribution in [1.29, 1.82) is 0 Å². The molecule has 0 unspecified atom stereocenters. The molecule has 0 spiro atoms. The van der Waals surface area contributed by atoms with Gasteiger partial charge in [-0.1, -0.05) is 41.4 Å². The first kappa shape index (κ1) is 13.0. The molecule has 0 aliphatic rings. The minimum Gasteiger partial charge on any atom is -0.422 e. The molecule has 0 saturated heterocycles. The summed E-state index contributed by atoms with van der Waals surface area (Å²) in [4.78, 5) is 4.23. The predicted octanol–water partition coefficient (Wildman–Crippen LogP) is 4.58. The summed E-state index contributed by atoms with van der Waals surface area (Å²) in [5.74, 6) is 0. The zero-order valence-corrected chi connectivity index (χ0v) is 11.7. The first-order valence-corrected chi connectivity index (χ1v) is 6.58. The van der Waals surface area contributed by atoms with Crippen molar-refractivity contribution in [1.82, 2.24) is 4.98 Å². The Morgan fingerprint density at radius 2 is 2.00 bits per heavy atom. The van der Waals surface area contributed by atoms with Crippen LogP contribution in [0.3, 0.4) is 0 Å². The fourth-order valence-corrected chi connectivity index (χ4v) is 2.14. The maximum atomic E-state index is 6.03. The number of hydrogen-bond donors (Lipinski definition) is 1. The van der Waals surface area contributed by atoms with E-state index >= 15 is 0 Å². The average molecular weight is 306 g/mol.